The van der Waals surface area contributed by atoms with Crippen molar-refractivity contribution in [2.75, 3.05) is 13.2 Å². The molecule has 0 saturated carbocycles. The lowest BCUT2D eigenvalue weighted by Gasteiger charge is -2.41. The van der Waals surface area contributed by atoms with Crippen molar-refractivity contribution in [2.45, 2.75) is 359 Å². The Labute approximate surface area is 509 Å². The van der Waals surface area contributed by atoms with Crippen molar-refractivity contribution in [2.24, 2.45) is 0 Å². The third-order valence-electron chi connectivity index (χ3n) is 16.1. The van der Waals surface area contributed by atoms with E-state index in [2.05, 4.69) is 86.8 Å². The highest BCUT2D eigenvalue weighted by Crippen LogP contribution is 2.26. The standard InChI is InChI=1S/C72H129NO10/c1-4-7-10-13-16-19-22-24-26-28-29-30-31-32-33-34-35-36-37-38-40-42-45-48-51-54-57-60-67(77)83-70-69(79)68(78)66(61-74)82-72(70)81-62-63(64(75)58-55-52-49-46-43-21-18-15-12-9-6-3)73-71(80)65(76)59-56-53-50-47-44-41-39-27-25-23-20-17-14-11-8-5-2/h7,10,16,19,24,26,29-30,32-33,55,58,63-66,68-70,72,74-76,78-79H,4-6,8-9,11-15,17-18,20-23,25,27-28,31,34-54,56-57,59-62H2,1-3H3,(H,73,80)/b10-7-,19-16-,26-24-,30-29-,33-32-,58-55+. The summed E-state index contributed by atoms with van der Waals surface area (Å²) in [5.74, 6) is -1.19. The molecule has 1 aliphatic rings. The molecule has 11 nitrogen and oxygen atoms in total. The van der Waals surface area contributed by atoms with E-state index in [1.54, 1.807) is 6.08 Å². The summed E-state index contributed by atoms with van der Waals surface area (Å²) in [4.78, 5) is 26.6. The van der Waals surface area contributed by atoms with Crippen LogP contribution in [0.15, 0.2) is 72.9 Å². The van der Waals surface area contributed by atoms with Crippen molar-refractivity contribution in [3.05, 3.63) is 72.9 Å². The number of hydrogen-bond donors (Lipinski definition) is 6. The lowest BCUT2D eigenvalue weighted by Crippen LogP contribution is -2.61. The number of carbonyl (C=O) groups excluding carboxylic acids is 2. The molecule has 1 saturated heterocycles. The van der Waals surface area contributed by atoms with Crippen LogP contribution in [-0.4, -0.2) is 99.6 Å². The van der Waals surface area contributed by atoms with E-state index < -0.39 is 67.4 Å². The van der Waals surface area contributed by atoms with Gasteiger partial charge in [-0.3, -0.25) is 9.59 Å². The lowest BCUT2D eigenvalue weighted by molar-refractivity contribution is -0.305. The predicted octanol–water partition coefficient (Wildman–Crippen LogP) is 17.5. The van der Waals surface area contributed by atoms with E-state index in [0.29, 0.717) is 19.3 Å². The van der Waals surface area contributed by atoms with Crippen molar-refractivity contribution in [3.8, 4) is 0 Å². The normalized spacial score (nSPS) is 19.0. The van der Waals surface area contributed by atoms with Crippen molar-refractivity contribution in [1.82, 2.24) is 5.32 Å². The van der Waals surface area contributed by atoms with E-state index in [-0.39, 0.29) is 13.0 Å². The van der Waals surface area contributed by atoms with Gasteiger partial charge < -0.3 is 45.1 Å². The molecular formula is C72H129NO10. The fourth-order valence-corrected chi connectivity index (χ4v) is 10.7. The second-order valence-electron chi connectivity index (χ2n) is 23.9. The van der Waals surface area contributed by atoms with Gasteiger partial charge in [0.1, 0.15) is 24.4 Å². The molecule has 482 valence electrons. The summed E-state index contributed by atoms with van der Waals surface area (Å²) in [7, 11) is 0. The van der Waals surface area contributed by atoms with Crippen molar-refractivity contribution in [3.63, 3.8) is 0 Å². The number of allylic oxidation sites excluding steroid dienone is 11. The van der Waals surface area contributed by atoms with Crippen LogP contribution < -0.4 is 5.32 Å². The average molecular weight is 1170 g/mol. The van der Waals surface area contributed by atoms with E-state index >= 15 is 0 Å². The van der Waals surface area contributed by atoms with E-state index in [0.717, 1.165) is 96.3 Å². The van der Waals surface area contributed by atoms with Gasteiger partial charge in [0.25, 0.3) is 0 Å². The van der Waals surface area contributed by atoms with Crippen LogP contribution in [0, 0.1) is 0 Å². The Hall–Kier alpha value is -2.90. The Kier molecular flexibility index (Phi) is 55.9. The number of carbonyl (C=O) groups is 2. The highest BCUT2D eigenvalue weighted by molar-refractivity contribution is 5.80. The molecule has 83 heavy (non-hydrogen) atoms. The van der Waals surface area contributed by atoms with Gasteiger partial charge in [-0.15, -0.1) is 0 Å². The zero-order valence-electron chi connectivity index (χ0n) is 53.6. The zero-order valence-corrected chi connectivity index (χ0v) is 53.6. The molecule has 0 aromatic heterocycles. The second kappa shape index (κ2) is 59.4. The maximum atomic E-state index is 13.4. The molecule has 1 rings (SSSR count). The number of unbranched alkanes of at least 4 members (excludes halogenated alkanes) is 35. The van der Waals surface area contributed by atoms with Crippen LogP contribution in [0.3, 0.4) is 0 Å². The Balaban J connectivity index is 2.54. The van der Waals surface area contributed by atoms with Gasteiger partial charge in [-0.2, -0.15) is 0 Å². The summed E-state index contributed by atoms with van der Waals surface area (Å²) >= 11 is 0. The summed E-state index contributed by atoms with van der Waals surface area (Å²) in [5.41, 5.74) is 0. The molecule has 0 aromatic rings. The maximum absolute atomic E-state index is 13.4. The number of hydrogen-bond acceptors (Lipinski definition) is 10. The largest absolute Gasteiger partial charge is 0.454 e. The number of rotatable bonds is 59. The highest BCUT2D eigenvalue weighted by Gasteiger charge is 2.47. The second-order valence-corrected chi connectivity index (χ2v) is 23.9. The summed E-state index contributed by atoms with van der Waals surface area (Å²) in [6, 6.07) is -1.02. The predicted molar refractivity (Wildman–Crippen MR) is 347 cm³/mol. The highest BCUT2D eigenvalue weighted by atomic mass is 16.7. The minimum Gasteiger partial charge on any atom is -0.454 e. The maximum Gasteiger partial charge on any atom is 0.306 e. The van der Waals surface area contributed by atoms with E-state index in [1.165, 1.54) is 167 Å². The first-order valence-corrected chi connectivity index (χ1v) is 34.7. The minimum atomic E-state index is -1.62. The molecule has 1 amide bonds. The molecular weight excluding hydrogens is 1040 g/mol. The molecule has 1 aliphatic heterocycles. The number of amides is 1. The van der Waals surface area contributed by atoms with Gasteiger partial charge in [0.15, 0.2) is 12.4 Å². The lowest BCUT2D eigenvalue weighted by atomic mass is 9.99. The minimum absolute atomic E-state index is 0.119. The number of aliphatic hydroxyl groups excluding tert-OH is 5. The first-order valence-electron chi connectivity index (χ1n) is 34.7. The molecule has 8 atom stereocenters. The zero-order chi connectivity index (χ0) is 60.3. The molecule has 11 heteroatoms. The Morgan fingerprint density at radius 3 is 1.30 bits per heavy atom. The van der Waals surface area contributed by atoms with Crippen LogP contribution >= 0.6 is 0 Å². The van der Waals surface area contributed by atoms with Gasteiger partial charge in [-0.25, -0.2) is 0 Å². The third kappa shape index (κ3) is 46.9. The summed E-state index contributed by atoms with van der Waals surface area (Å²) < 4.78 is 17.7. The third-order valence-corrected chi connectivity index (χ3v) is 16.1. The number of ether oxygens (including phenoxy) is 3. The molecule has 0 aliphatic carbocycles. The van der Waals surface area contributed by atoms with Crippen molar-refractivity contribution >= 4 is 11.9 Å². The summed E-state index contributed by atoms with van der Waals surface area (Å²) in [5, 5.41) is 57.1. The summed E-state index contributed by atoms with van der Waals surface area (Å²) in [6.45, 7) is 5.70. The number of aliphatic hydroxyl groups is 5. The first kappa shape index (κ1) is 78.1. The Morgan fingerprint density at radius 1 is 0.482 bits per heavy atom. The smallest absolute Gasteiger partial charge is 0.306 e. The Bertz CT molecular complexity index is 1630. The summed E-state index contributed by atoms with van der Waals surface area (Å²) in [6.07, 6.45) is 66.6. The van der Waals surface area contributed by atoms with Crippen LogP contribution in [0.1, 0.15) is 310 Å². The molecule has 0 aromatic carbocycles. The van der Waals surface area contributed by atoms with Gasteiger partial charge >= 0.3 is 5.97 Å². The van der Waals surface area contributed by atoms with Gasteiger partial charge in [-0.1, -0.05) is 306 Å². The van der Waals surface area contributed by atoms with Crippen LogP contribution in [0.4, 0.5) is 0 Å². The van der Waals surface area contributed by atoms with Gasteiger partial charge in [0, 0.05) is 6.42 Å². The van der Waals surface area contributed by atoms with Gasteiger partial charge in [0.05, 0.1) is 25.4 Å². The fraction of sp³-hybridized carbons (Fsp3) is 0.806. The van der Waals surface area contributed by atoms with E-state index in [4.69, 9.17) is 14.2 Å². The van der Waals surface area contributed by atoms with E-state index in [9.17, 15) is 35.1 Å². The number of esters is 1. The average Bonchev–Trinajstić information content (AvgIpc) is 3.68. The quantitative estimate of drug-likeness (QED) is 0.0195. The van der Waals surface area contributed by atoms with Crippen LogP contribution in [0.25, 0.3) is 0 Å². The SMILES string of the molecule is CC/C=C\C/C=C\C/C=C\C/C=C\C/C=C\CCCCCCCCCCCCCC(=O)OC1C(OCC(NC(=O)C(O)CCCCCCCCCCCCCCCCCC)C(O)/C=C/CCCCCCCCCCC)OC(CO)C(O)C1O. The van der Waals surface area contributed by atoms with Crippen molar-refractivity contribution < 1.29 is 49.3 Å². The topological polar surface area (TPSA) is 175 Å². The molecule has 1 heterocycles. The molecule has 6 N–H and O–H groups in total. The van der Waals surface area contributed by atoms with Crippen LogP contribution in [0.2, 0.25) is 0 Å². The molecule has 1 fully saturated rings. The molecule has 8 unspecified atom stereocenters. The fourth-order valence-electron chi connectivity index (χ4n) is 10.7. The van der Waals surface area contributed by atoms with Crippen LogP contribution in [0.5, 0.6) is 0 Å². The van der Waals surface area contributed by atoms with Crippen LogP contribution in [-0.2, 0) is 23.8 Å². The van der Waals surface area contributed by atoms with Gasteiger partial charge in [0.2, 0.25) is 5.91 Å². The monoisotopic (exact) mass is 1170 g/mol. The van der Waals surface area contributed by atoms with E-state index in [1.807, 2.05) is 6.08 Å². The molecule has 0 spiro atoms. The number of nitrogens with one attached hydrogen (secondary N) is 1. The molecule has 0 radical (unpaired) electrons. The van der Waals surface area contributed by atoms with Gasteiger partial charge in [-0.05, 0) is 70.6 Å². The molecule has 0 bridgehead atoms. The first-order chi connectivity index (χ1) is 40.7. The van der Waals surface area contributed by atoms with Crippen molar-refractivity contribution in [1.29, 1.82) is 0 Å². The Morgan fingerprint density at radius 2 is 0.867 bits per heavy atom.